The summed E-state index contributed by atoms with van der Waals surface area (Å²) >= 11 is 1.40. The first-order chi connectivity index (χ1) is 12.7. The van der Waals surface area contributed by atoms with Crippen molar-refractivity contribution in [1.82, 2.24) is 14.9 Å². The summed E-state index contributed by atoms with van der Waals surface area (Å²) < 4.78 is 11.3. The third-order valence-corrected chi connectivity index (χ3v) is 6.55. The quantitative estimate of drug-likeness (QED) is 0.823. The minimum atomic E-state index is -0.102. The fraction of sp³-hybridized carbons (Fsp3) is 0.500. The molecule has 0 radical (unpaired) electrons. The Morgan fingerprint density at radius 1 is 1.31 bits per heavy atom. The highest BCUT2D eigenvalue weighted by atomic mass is 32.1. The molecule has 2 N–H and O–H groups in total. The van der Waals surface area contributed by atoms with Crippen LogP contribution in [-0.2, 0) is 11.8 Å². The molecule has 1 aliphatic carbocycles. The van der Waals surface area contributed by atoms with Crippen molar-refractivity contribution in [3.63, 3.8) is 0 Å². The molecule has 3 aliphatic rings. The molecule has 4 heterocycles. The smallest absolute Gasteiger partial charge is 0.267 e. The minimum absolute atomic E-state index is 0.0244. The Bertz CT molecular complexity index is 879. The topological polar surface area (TPSA) is 90.6 Å². The number of aromatic nitrogens is 2. The molecule has 1 amide bonds. The predicted molar refractivity (Wildman–Crippen MR) is 96.9 cm³/mol. The molecular formula is C18H20N4O3S. The Balaban J connectivity index is 1.45. The first-order valence-corrected chi connectivity index (χ1v) is 9.82. The van der Waals surface area contributed by atoms with Gasteiger partial charge in [-0.3, -0.25) is 4.79 Å². The average Bonchev–Trinajstić information content (AvgIpc) is 3.24. The molecule has 26 heavy (non-hydrogen) atoms. The van der Waals surface area contributed by atoms with Crippen LogP contribution in [0.25, 0.3) is 0 Å². The van der Waals surface area contributed by atoms with Gasteiger partial charge in [0.05, 0.1) is 5.69 Å². The van der Waals surface area contributed by atoms with Crippen molar-refractivity contribution in [3.05, 3.63) is 27.7 Å². The molecule has 2 aromatic rings. The third-order valence-electron chi connectivity index (χ3n) is 5.62. The second-order valence-electron chi connectivity index (χ2n) is 7.17. The summed E-state index contributed by atoms with van der Waals surface area (Å²) in [7, 11) is 0. The van der Waals surface area contributed by atoms with Crippen molar-refractivity contribution in [2.45, 2.75) is 31.1 Å². The molecule has 2 aromatic heterocycles. The monoisotopic (exact) mass is 372 g/mol. The van der Waals surface area contributed by atoms with E-state index >= 15 is 0 Å². The maximum atomic E-state index is 13.2. The summed E-state index contributed by atoms with van der Waals surface area (Å²) in [6, 6.07) is 0. The number of piperidine rings is 1. The second-order valence-corrected chi connectivity index (χ2v) is 8.05. The zero-order valence-electron chi connectivity index (χ0n) is 14.4. The predicted octanol–water partition coefficient (Wildman–Crippen LogP) is 2.01. The molecule has 0 aromatic carbocycles. The Labute approximate surface area is 155 Å². The molecule has 7 nitrogen and oxygen atoms in total. The zero-order valence-corrected chi connectivity index (χ0v) is 15.2. The van der Waals surface area contributed by atoms with Crippen molar-refractivity contribution in [2.75, 3.05) is 32.0 Å². The van der Waals surface area contributed by atoms with Crippen molar-refractivity contribution >= 4 is 23.2 Å². The lowest BCUT2D eigenvalue weighted by atomic mass is 9.77. The van der Waals surface area contributed by atoms with E-state index in [1.54, 1.807) is 0 Å². The molecule has 1 fully saturated rings. The van der Waals surface area contributed by atoms with E-state index in [0.717, 1.165) is 37.9 Å². The number of nitrogens with zero attached hydrogens (tertiary/aromatic N) is 3. The SMILES string of the molecule is Nc1ncc2c(n1)C1(CCCN(C(=O)c3scc4c3OCCO4)C1)CC2. The Hall–Kier alpha value is -2.35. The number of nitrogens with two attached hydrogens (primary N) is 1. The van der Waals surface area contributed by atoms with Crippen molar-refractivity contribution < 1.29 is 14.3 Å². The Morgan fingerprint density at radius 2 is 2.19 bits per heavy atom. The number of ether oxygens (including phenoxy) is 2. The molecule has 1 atom stereocenters. The number of hydrogen-bond donors (Lipinski definition) is 1. The van der Waals surface area contributed by atoms with Gasteiger partial charge in [-0.05, 0) is 31.2 Å². The number of fused-ring (bicyclic) bond motifs is 3. The lowest BCUT2D eigenvalue weighted by Gasteiger charge is -2.40. The minimum Gasteiger partial charge on any atom is -0.485 e. The lowest BCUT2D eigenvalue weighted by molar-refractivity contribution is 0.0630. The molecule has 0 saturated carbocycles. The first-order valence-electron chi connectivity index (χ1n) is 8.94. The molecular weight excluding hydrogens is 352 g/mol. The van der Waals surface area contributed by atoms with Crippen LogP contribution in [0.2, 0.25) is 0 Å². The molecule has 8 heteroatoms. The van der Waals surface area contributed by atoms with Gasteiger partial charge in [-0.25, -0.2) is 9.97 Å². The fourth-order valence-corrected chi connectivity index (χ4v) is 5.31. The Kier molecular flexibility index (Phi) is 3.56. The first kappa shape index (κ1) is 15.9. The average molecular weight is 372 g/mol. The highest BCUT2D eigenvalue weighted by Gasteiger charge is 2.45. The van der Waals surface area contributed by atoms with Gasteiger partial charge in [0.15, 0.2) is 11.5 Å². The van der Waals surface area contributed by atoms with Gasteiger partial charge < -0.3 is 20.1 Å². The molecule has 0 bridgehead atoms. The maximum Gasteiger partial charge on any atom is 0.267 e. The summed E-state index contributed by atoms with van der Waals surface area (Å²) in [5, 5.41) is 1.86. The molecule has 5 rings (SSSR count). The van der Waals surface area contributed by atoms with Gasteiger partial charge in [0, 0.05) is 30.1 Å². The van der Waals surface area contributed by atoms with Crippen LogP contribution in [0.4, 0.5) is 5.95 Å². The van der Waals surface area contributed by atoms with Crippen LogP contribution in [0.15, 0.2) is 11.6 Å². The number of carbonyl (C=O) groups is 1. The van der Waals surface area contributed by atoms with Gasteiger partial charge in [-0.1, -0.05) is 0 Å². The van der Waals surface area contributed by atoms with E-state index in [1.807, 2.05) is 16.5 Å². The van der Waals surface area contributed by atoms with Gasteiger partial charge >= 0.3 is 0 Å². The lowest BCUT2D eigenvalue weighted by Crippen LogP contribution is -2.48. The van der Waals surface area contributed by atoms with E-state index in [1.165, 1.54) is 16.9 Å². The molecule has 136 valence electrons. The number of rotatable bonds is 1. The Morgan fingerprint density at radius 3 is 3.12 bits per heavy atom. The standard InChI is InChI=1S/C18H20N4O3S/c19-17-20-8-11-2-4-18(15(11)21-17)3-1-5-22(10-18)16(23)14-13-12(9-26-14)24-6-7-25-13/h8-9H,1-7,10H2,(H2,19,20,21). The van der Waals surface area contributed by atoms with E-state index in [4.69, 9.17) is 15.2 Å². The third kappa shape index (κ3) is 2.35. The molecule has 1 saturated heterocycles. The summed E-state index contributed by atoms with van der Waals surface area (Å²) in [5.41, 5.74) is 7.94. The van der Waals surface area contributed by atoms with Crippen LogP contribution in [0, 0.1) is 0 Å². The van der Waals surface area contributed by atoms with Gasteiger partial charge in [0.25, 0.3) is 5.91 Å². The summed E-state index contributed by atoms with van der Waals surface area (Å²) in [5.74, 6) is 1.62. The second kappa shape index (κ2) is 5.84. The number of carbonyl (C=O) groups excluding carboxylic acids is 1. The molecule has 2 aliphatic heterocycles. The van der Waals surface area contributed by atoms with E-state index in [-0.39, 0.29) is 11.3 Å². The summed E-state index contributed by atoms with van der Waals surface area (Å²) in [4.78, 5) is 24.4. The fourth-order valence-electron chi connectivity index (χ4n) is 4.41. The van der Waals surface area contributed by atoms with E-state index in [0.29, 0.717) is 42.1 Å². The van der Waals surface area contributed by atoms with Gasteiger partial charge in [0.1, 0.15) is 18.1 Å². The van der Waals surface area contributed by atoms with Crippen LogP contribution in [0.1, 0.15) is 40.2 Å². The summed E-state index contributed by atoms with van der Waals surface area (Å²) in [6.45, 7) is 2.44. The van der Waals surface area contributed by atoms with Crippen molar-refractivity contribution in [2.24, 2.45) is 0 Å². The highest BCUT2D eigenvalue weighted by molar-refractivity contribution is 7.12. The van der Waals surface area contributed by atoms with Gasteiger partial charge in [0.2, 0.25) is 5.95 Å². The maximum absolute atomic E-state index is 13.2. The number of aryl methyl sites for hydroxylation is 1. The van der Waals surface area contributed by atoms with E-state index in [9.17, 15) is 4.79 Å². The number of amides is 1. The number of thiophene rings is 1. The van der Waals surface area contributed by atoms with Crippen molar-refractivity contribution in [3.8, 4) is 11.5 Å². The molecule has 1 unspecified atom stereocenters. The summed E-state index contributed by atoms with van der Waals surface area (Å²) in [6.07, 6.45) is 5.77. The van der Waals surface area contributed by atoms with E-state index < -0.39 is 0 Å². The van der Waals surface area contributed by atoms with Crippen LogP contribution < -0.4 is 15.2 Å². The van der Waals surface area contributed by atoms with Crippen LogP contribution in [0.5, 0.6) is 11.5 Å². The zero-order chi connectivity index (χ0) is 17.7. The van der Waals surface area contributed by atoms with Gasteiger partial charge in [-0.2, -0.15) is 0 Å². The van der Waals surface area contributed by atoms with Gasteiger partial charge in [-0.15, -0.1) is 11.3 Å². The number of likely N-dealkylation sites (tertiary alicyclic amines) is 1. The van der Waals surface area contributed by atoms with Crippen LogP contribution in [-0.4, -0.2) is 47.1 Å². The molecule has 1 spiro atoms. The number of anilines is 1. The number of nitrogen functional groups attached to an aromatic ring is 1. The largest absolute Gasteiger partial charge is 0.485 e. The number of hydrogen-bond acceptors (Lipinski definition) is 7. The van der Waals surface area contributed by atoms with Crippen LogP contribution >= 0.6 is 11.3 Å². The van der Waals surface area contributed by atoms with Crippen molar-refractivity contribution in [1.29, 1.82) is 0 Å². The van der Waals surface area contributed by atoms with E-state index in [2.05, 4.69) is 9.97 Å². The van der Waals surface area contributed by atoms with Crippen LogP contribution in [0.3, 0.4) is 0 Å². The highest BCUT2D eigenvalue weighted by Crippen LogP contribution is 2.45. The normalized spacial score (nSPS) is 23.9.